The van der Waals surface area contributed by atoms with Crippen molar-refractivity contribution in [1.29, 1.82) is 0 Å². The summed E-state index contributed by atoms with van der Waals surface area (Å²) >= 11 is 0. The van der Waals surface area contributed by atoms with Gasteiger partial charge in [0.25, 0.3) is 0 Å². The lowest BCUT2D eigenvalue weighted by Gasteiger charge is -2.61. The molecule has 2 saturated heterocycles. The first-order valence-electron chi connectivity index (χ1n) is 15.3. The Hall–Kier alpha value is -1.70. The van der Waals surface area contributed by atoms with Crippen LogP contribution in [0.25, 0.3) is 0 Å². The predicted molar refractivity (Wildman–Crippen MR) is 149 cm³/mol. The second-order valence-electron chi connectivity index (χ2n) is 15.2. The van der Waals surface area contributed by atoms with Gasteiger partial charge in [-0.2, -0.15) is 0 Å². The lowest BCUT2D eigenvalue weighted by atomic mass is 9.43. The Kier molecular flexibility index (Phi) is 6.16. The van der Waals surface area contributed by atoms with Crippen LogP contribution in [0.5, 0.6) is 0 Å². The largest absolute Gasteiger partial charge is 0.462 e. The summed E-state index contributed by atoms with van der Waals surface area (Å²) < 4.78 is 24.7. The van der Waals surface area contributed by atoms with Crippen LogP contribution in [0, 0.1) is 27.6 Å². The van der Waals surface area contributed by atoms with Crippen LogP contribution in [0.3, 0.4) is 0 Å². The quantitative estimate of drug-likeness (QED) is 0.463. The third-order valence-corrected chi connectivity index (χ3v) is 12.4. The van der Waals surface area contributed by atoms with E-state index in [0.717, 1.165) is 38.5 Å². The maximum atomic E-state index is 14.3. The molecule has 0 aromatic heterocycles. The SMILES string of the molecule is COC1C=C2C(=CCC3C2(C)CCC(OC(C)=O)C3(C)C)C2(C)CCC3(O)C(C4CCCC(C)(C)O4)OC(=O)C123. The molecule has 6 aliphatic rings. The highest BCUT2D eigenvalue weighted by Gasteiger charge is 2.83. The van der Waals surface area contributed by atoms with Gasteiger partial charge in [0, 0.05) is 24.9 Å². The summed E-state index contributed by atoms with van der Waals surface area (Å²) in [5.41, 5.74) is -1.61. The van der Waals surface area contributed by atoms with Crippen LogP contribution in [-0.4, -0.2) is 59.8 Å². The number of hydrogen-bond donors (Lipinski definition) is 1. The second kappa shape index (κ2) is 8.67. The van der Waals surface area contributed by atoms with Crippen molar-refractivity contribution < 1.29 is 33.6 Å². The molecule has 2 heterocycles. The predicted octanol–water partition coefficient (Wildman–Crippen LogP) is 5.44. The summed E-state index contributed by atoms with van der Waals surface area (Å²) in [6.07, 6.45) is 8.93. The molecule has 6 rings (SSSR count). The van der Waals surface area contributed by atoms with E-state index in [2.05, 4.69) is 53.7 Å². The zero-order valence-electron chi connectivity index (χ0n) is 25.6. The molecule has 4 aliphatic carbocycles. The van der Waals surface area contributed by atoms with Crippen molar-refractivity contribution >= 4 is 11.9 Å². The van der Waals surface area contributed by atoms with E-state index in [-0.39, 0.29) is 46.5 Å². The maximum Gasteiger partial charge on any atom is 0.319 e. The summed E-state index contributed by atoms with van der Waals surface area (Å²) in [7, 11) is 1.65. The van der Waals surface area contributed by atoms with E-state index < -0.39 is 28.6 Å². The van der Waals surface area contributed by atoms with E-state index in [1.807, 2.05) is 0 Å². The van der Waals surface area contributed by atoms with Gasteiger partial charge in [0.1, 0.15) is 17.1 Å². The van der Waals surface area contributed by atoms with Crippen LogP contribution >= 0.6 is 0 Å². The van der Waals surface area contributed by atoms with Gasteiger partial charge in [-0.05, 0) is 87.7 Å². The van der Waals surface area contributed by atoms with Gasteiger partial charge < -0.3 is 24.1 Å². The van der Waals surface area contributed by atoms with Crippen molar-refractivity contribution in [1.82, 2.24) is 0 Å². The van der Waals surface area contributed by atoms with Crippen molar-refractivity contribution in [2.45, 2.75) is 135 Å². The van der Waals surface area contributed by atoms with Gasteiger partial charge in [0.05, 0.1) is 17.8 Å². The summed E-state index contributed by atoms with van der Waals surface area (Å²) in [6.45, 7) is 14.6. The molecule has 7 heteroatoms. The minimum atomic E-state index is -1.40. The molecule has 0 aromatic rings. The highest BCUT2D eigenvalue weighted by atomic mass is 16.6. The number of hydrogen-bond acceptors (Lipinski definition) is 7. The Bertz CT molecular complexity index is 1180. The standard InChI is InChI=1S/C33H48O7/c1-19(34)38-24-13-15-30(6)21-18-25(37-8)33-27(35)39-26(22-10-9-14-28(2,3)40-22)32(33,36)17-16-31(33,7)20(21)11-12-23(30)29(24,4)5/h11,18,22-26,36H,9-10,12-17H2,1-8H3. The highest BCUT2D eigenvalue weighted by molar-refractivity contribution is 5.87. The van der Waals surface area contributed by atoms with Gasteiger partial charge in [0.2, 0.25) is 0 Å². The smallest absolute Gasteiger partial charge is 0.319 e. The van der Waals surface area contributed by atoms with E-state index in [4.69, 9.17) is 18.9 Å². The Morgan fingerprint density at radius 2 is 1.75 bits per heavy atom. The minimum Gasteiger partial charge on any atom is -0.462 e. The van der Waals surface area contributed by atoms with Crippen molar-refractivity contribution in [2.24, 2.45) is 27.6 Å². The molecule has 4 fully saturated rings. The van der Waals surface area contributed by atoms with Gasteiger partial charge in [-0.25, -0.2) is 0 Å². The summed E-state index contributed by atoms with van der Waals surface area (Å²) in [5.74, 6) is -0.338. The number of carbonyl (C=O) groups is 2. The number of methoxy groups -OCH3 is 1. The summed E-state index contributed by atoms with van der Waals surface area (Å²) in [6, 6.07) is 0. The average molecular weight is 557 g/mol. The van der Waals surface area contributed by atoms with Crippen LogP contribution in [0.1, 0.15) is 99.8 Å². The first-order chi connectivity index (χ1) is 18.6. The lowest BCUT2D eigenvalue weighted by Crippen LogP contribution is -2.66. The van der Waals surface area contributed by atoms with Crippen LogP contribution in [-0.2, 0) is 28.5 Å². The van der Waals surface area contributed by atoms with Crippen LogP contribution < -0.4 is 0 Å². The van der Waals surface area contributed by atoms with Crippen LogP contribution in [0.4, 0.5) is 0 Å². The fourth-order valence-corrected chi connectivity index (χ4v) is 10.6. The molecular formula is C33H48O7. The number of rotatable bonds is 3. The number of aliphatic hydroxyl groups is 1. The zero-order valence-corrected chi connectivity index (χ0v) is 25.6. The van der Waals surface area contributed by atoms with Crippen molar-refractivity contribution in [3.8, 4) is 0 Å². The molecule has 7 nitrogen and oxygen atoms in total. The average Bonchev–Trinajstić information content (AvgIpc) is 3.25. The Balaban J connectivity index is 1.45. The molecule has 222 valence electrons. The molecular weight excluding hydrogens is 508 g/mol. The third kappa shape index (κ3) is 3.34. The van der Waals surface area contributed by atoms with Crippen molar-refractivity contribution in [2.75, 3.05) is 7.11 Å². The van der Waals surface area contributed by atoms with E-state index in [1.54, 1.807) is 7.11 Å². The lowest BCUT2D eigenvalue weighted by molar-refractivity contribution is -0.197. The van der Waals surface area contributed by atoms with Crippen LogP contribution in [0.2, 0.25) is 0 Å². The fraction of sp³-hybridized carbons (Fsp3) is 0.818. The third-order valence-electron chi connectivity index (χ3n) is 12.4. The van der Waals surface area contributed by atoms with E-state index >= 15 is 0 Å². The second-order valence-corrected chi connectivity index (χ2v) is 15.2. The Morgan fingerprint density at radius 1 is 1.02 bits per heavy atom. The number of ether oxygens (including phenoxy) is 4. The molecule has 40 heavy (non-hydrogen) atoms. The molecule has 0 bridgehead atoms. The fourth-order valence-electron chi connectivity index (χ4n) is 10.6. The van der Waals surface area contributed by atoms with Crippen LogP contribution in [0.15, 0.2) is 23.3 Å². The van der Waals surface area contributed by atoms with E-state index in [9.17, 15) is 14.7 Å². The van der Waals surface area contributed by atoms with Crippen molar-refractivity contribution in [3.63, 3.8) is 0 Å². The Morgan fingerprint density at radius 3 is 2.40 bits per heavy atom. The highest BCUT2D eigenvalue weighted by Crippen LogP contribution is 2.75. The molecule has 9 atom stereocenters. The first kappa shape index (κ1) is 28.4. The topological polar surface area (TPSA) is 91.3 Å². The van der Waals surface area contributed by atoms with E-state index in [1.165, 1.54) is 18.1 Å². The number of esters is 2. The Labute approximate surface area is 239 Å². The number of fused-ring (bicyclic) bond motifs is 4. The van der Waals surface area contributed by atoms with Gasteiger partial charge in [-0.1, -0.05) is 39.8 Å². The molecule has 0 amide bonds. The molecule has 0 aromatic carbocycles. The number of carbonyl (C=O) groups excluding carboxylic acids is 2. The zero-order chi connectivity index (χ0) is 29.1. The van der Waals surface area contributed by atoms with Gasteiger partial charge in [-0.3, -0.25) is 9.59 Å². The molecule has 2 saturated carbocycles. The van der Waals surface area contributed by atoms with Gasteiger partial charge >= 0.3 is 11.9 Å². The normalized spacial score (nSPS) is 48.5. The molecule has 9 unspecified atom stereocenters. The first-order valence-corrected chi connectivity index (χ1v) is 15.3. The summed E-state index contributed by atoms with van der Waals surface area (Å²) in [5, 5.41) is 12.7. The maximum absolute atomic E-state index is 14.3. The minimum absolute atomic E-state index is 0.135. The van der Waals surface area contributed by atoms with Gasteiger partial charge in [-0.15, -0.1) is 0 Å². The molecule has 1 spiro atoms. The number of allylic oxidation sites excluding steroid dienone is 3. The van der Waals surface area contributed by atoms with Crippen molar-refractivity contribution in [3.05, 3.63) is 23.3 Å². The van der Waals surface area contributed by atoms with E-state index in [0.29, 0.717) is 12.8 Å². The summed E-state index contributed by atoms with van der Waals surface area (Å²) in [4.78, 5) is 26.2. The monoisotopic (exact) mass is 556 g/mol. The molecule has 0 radical (unpaired) electrons. The van der Waals surface area contributed by atoms with Gasteiger partial charge in [0.15, 0.2) is 6.10 Å². The molecule has 2 aliphatic heterocycles. The number of cyclic esters (lactones) is 1. The molecule has 1 N–H and O–H groups in total.